The van der Waals surface area contributed by atoms with Gasteiger partial charge in [0.15, 0.2) is 0 Å². The molecule has 1 amide bonds. The molecule has 1 heterocycles. The number of amides is 1. The van der Waals surface area contributed by atoms with Crippen LogP contribution in [0, 0.1) is 12.7 Å². The molecular formula is C20H20FN3OS. The van der Waals surface area contributed by atoms with Crippen LogP contribution in [-0.4, -0.2) is 28.0 Å². The van der Waals surface area contributed by atoms with Gasteiger partial charge in [-0.3, -0.25) is 4.79 Å². The van der Waals surface area contributed by atoms with E-state index in [-0.39, 0.29) is 11.7 Å². The Balaban J connectivity index is 1.50. The monoisotopic (exact) mass is 369 g/mol. The van der Waals surface area contributed by atoms with Gasteiger partial charge in [0.25, 0.3) is 5.91 Å². The first-order valence-electron chi connectivity index (χ1n) is 8.36. The molecule has 0 saturated carbocycles. The molecule has 6 heteroatoms. The predicted molar refractivity (Wildman–Crippen MR) is 103 cm³/mol. The van der Waals surface area contributed by atoms with Gasteiger partial charge in [-0.05, 0) is 30.7 Å². The SMILES string of the molecule is Cc1c(C(=O)NCCSCc2ccccc2F)cnn1-c1ccccc1. The lowest BCUT2D eigenvalue weighted by molar-refractivity contribution is 0.0955. The fourth-order valence-corrected chi connectivity index (χ4v) is 3.44. The average Bonchev–Trinajstić information content (AvgIpc) is 3.05. The highest BCUT2D eigenvalue weighted by Gasteiger charge is 2.14. The number of halogens is 1. The first-order valence-corrected chi connectivity index (χ1v) is 9.51. The van der Waals surface area contributed by atoms with Crippen molar-refractivity contribution in [1.29, 1.82) is 0 Å². The molecule has 0 aliphatic heterocycles. The summed E-state index contributed by atoms with van der Waals surface area (Å²) in [6.07, 6.45) is 1.59. The van der Waals surface area contributed by atoms with Crippen molar-refractivity contribution in [2.45, 2.75) is 12.7 Å². The van der Waals surface area contributed by atoms with E-state index >= 15 is 0 Å². The van der Waals surface area contributed by atoms with E-state index < -0.39 is 0 Å². The first kappa shape index (κ1) is 18.2. The van der Waals surface area contributed by atoms with Gasteiger partial charge < -0.3 is 5.32 Å². The number of benzene rings is 2. The van der Waals surface area contributed by atoms with Crippen LogP contribution in [0.3, 0.4) is 0 Å². The van der Waals surface area contributed by atoms with Crippen molar-refractivity contribution >= 4 is 17.7 Å². The molecule has 4 nitrogen and oxygen atoms in total. The number of thioether (sulfide) groups is 1. The van der Waals surface area contributed by atoms with Crippen LogP contribution in [0.2, 0.25) is 0 Å². The van der Waals surface area contributed by atoms with Crippen LogP contribution in [0.25, 0.3) is 5.69 Å². The van der Waals surface area contributed by atoms with E-state index in [0.29, 0.717) is 29.2 Å². The summed E-state index contributed by atoms with van der Waals surface area (Å²) in [6.45, 7) is 2.40. The molecule has 0 spiro atoms. The van der Waals surface area contributed by atoms with E-state index in [1.165, 1.54) is 6.07 Å². The lowest BCUT2D eigenvalue weighted by Crippen LogP contribution is -2.26. The van der Waals surface area contributed by atoms with Gasteiger partial charge in [0.1, 0.15) is 5.82 Å². The minimum absolute atomic E-state index is 0.142. The summed E-state index contributed by atoms with van der Waals surface area (Å²) in [6, 6.07) is 16.5. The van der Waals surface area contributed by atoms with Crippen molar-refractivity contribution in [3.8, 4) is 5.69 Å². The number of carbonyl (C=O) groups excluding carboxylic acids is 1. The van der Waals surface area contributed by atoms with Crippen LogP contribution >= 0.6 is 11.8 Å². The lowest BCUT2D eigenvalue weighted by atomic mass is 10.2. The van der Waals surface area contributed by atoms with E-state index in [0.717, 1.165) is 11.4 Å². The zero-order valence-electron chi connectivity index (χ0n) is 14.5. The predicted octanol–water partition coefficient (Wildman–Crippen LogP) is 3.98. The summed E-state index contributed by atoms with van der Waals surface area (Å²) >= 11 is 1.59. The van der Waals surface area contributed by atoms with Gasteiger partial charge in [-0.15, -0.1) is 0 Å². The van der Waals surface area contributed by atoms with Crippen molar-refractivity contribution < 1.29 is 9.18 Å². The Morgan fingerprint density at radius 1 is 1.15 bits per heavy atom. The van der Waals surface area contributed by atoms with Gasteiger partial charge in [-0.25, -0.2) is 9.07 Å². The van der Waals surface area contributed by atoms with Gasteiger partial charge in [0.2, 0.25) is 0 Å². The van der Waals surface area contributed by atoms with Gasteiger partial charge >= 0.3 is 0 Å². The lowest BCUT2D eigenvalue weighted by Gasteiger charge is -2.07. The van der Waals surface area contributed by atoms with Crippen molar-refractivity contribution in [2.24, 2.45) is 0 Å². The van der Waals surface area contributed by atoms with Gasteiger partial charge in [0, 0.05) is 18.1 Å². The van der Waals surface area contributed by atoms with Crippen LogP contribution in [0.1, 0.15) is 21.6 Å². The quantitative estimate of drug-likeness (QED) is 0.641. The molecule has 1 N–H and O–H groups in total. The largest absolute Gasteiger partial charge is 0.351 e. The molecule has 3 rings (SSSR count). The number of nitrogens with zero attached hydrogens (tertiary/aromatic N) is 2. The number of para-hydroxylation sites is 1. The summed E-state index contributed by atoms with van der Waals surface area (Å²) < 4.78 is 15.3. The summed E-state index contributed by atoms with van der Waals surface area (Å²) in [5, 5.41) is 7.21. The number of aromatic nitrogens is 2. The molecule has 1 aromatic heterocycles. The normalized spacial score (nSPS) is 10.7. The van der Waals surface area contributed by atoms with Crippen molar-refractivity contribution in [1.82, 2.24) is 15.1 Å². The summed E-state index contributed by atoms with van der Waals surface area (Å²) in [7, 11) is 0. The number of hydrogen-bond donors (Lipinski definition) is 1. The van der Waals surface area contributed by atoms with Crippen molar-refractivity contribution in [3.05, 3.63) is 83.4 Å². The molecule has 0 radical (unpaired) electrons. The molecule has 0 saturated heterocycles. The molecule has 0 unspecified atom stereocenters. The topological polar surface area (TPSA) is 46.9 Å². The third kappa shape index (κ3) is 4.32. The minimum Gasteiger partial charge on any atom is -0.351 e. The molecule has 0 aliphatic carbocycles. The average molecular weight is 369 g/mol. The van der Waals surface area contributed by atoms with Crippen LogP contribution in [-0.2, 0) is 5.75 Å². The number of carbonyl (C=O) groups is 1. The van der Waals surface area contributed by atoms with Crippen LogP contribution < -0.4 is 5.32 Å². The second kappa shape index (κ2) is 8.67. The Kier molecular flexibility index (Phi) is 6.07. The summed E-state index contributed by atoms with van der Waals surface area (Å²) in [5.74, 6) is 0.976. The fourth-order valence-electron chi connectivity index (χ4n) is 2.59. The third-order valence-corrected chi connectivity index (χ3v) is 5.01. The molecule has 134 valence electrons. The zero-order chi connectivity index (χ0) is 18.4. The van der Waals surface area contributed by atoms with E-state index in [2.05, 4.69) is 10.4 Å². The van der Waals surface area contributed by atoms with Crippen LogP contribution in [0.4, 0.5) is 4.39 Å². The molecule has 0 atom stereocenters. The van der Waals surface area contributed by atoms with Gasteiger partial charge in [0.05, 0.1) is 23.1 Å². The molecule has 3 aromatic rings. The Bertz CT molecular complexity index is 880. The Morgan fingerprint density at radius 2 is 1.88 bits per heavy atom. The molecule has 0 bridgehead atoms. The highest BCUT2D eigenvalue weighted by atomic mass is 32.2. The summed E-state index contributed by atoms with van der Waals surface area (Å²) in [4.78, 5) is 12.4. The second-order valence-electron chi connectivity index (χ2n) is 5.79. The van der Waals surface area contributed by atoms with E-state index in [4.69, 9.17) is 0 Å². The second-order valence-corrected chi connectivity index (χ2v) is 6.90. The maximum Gasteiger partial charge on any atom is 0.254 e. The zero-order valence-corrected chi connectivity index (χ0v) is 15.3. The molecule has 26 heavy (non-hydrogen) atoms. The molecule has 0 aliphatic rings. The Labute approximate surface area is 156 Å². The first-order chi connectivity index (χ1) is 12.7. The highest BCUT2D eigenvalue weighted by molar-refractivity contribution is 7.98. The maximum atomic E-state index is 13.5. The van der Waals surface area contributed by atoms with Gasteiger partial charge in [-0.1, -0.05) is 36.4 Å². The smallest absolute Gasteiger partial charge is 0.254 e. The van der Waals surface area contributed by atoms with Gasteiger partial charge in [-0.2, -0.15) is 16.9 Å². The van der Waals surface area contributed by atoms with E-state index in [9.17, 15) is 9.18 Å². The van der Waals surface area contributed by atoms with E-state index in [1.807, 2.05) is 43.3 Å². The number of nitrogens with one attached hydrogen (secondary N) is 1. The maximum absolute atomic E-state index is 13.5. The molecule has 0 fully saturated rings. The highest BCUT2D eigenvalue weighted by Crippen LogP contribution is 2.16. The number of hydrogen-bond acceptors (Lipinski definition) is 3. The summed E-state index contributed by atoms with van der Waals surface area (Å²) in [5.41, 5.74) is 2.97. The van der Waals surface area contributed by atoms with Crippen LogP contribution in [0.15, 0.2) is 60.8 Å². The fraction of sp³-hybridized carbons (Fsp3) is 0.200. The Morgan fingerprint density at radius 3 is 2.65 bits per heavy atom. The Hall–Kier alpha value is -2.60. The molecular weight excluding hydrogens is 349 g/mol. The number of rotatable bonds is 7. The standard InChI is InChI=1S/C20H20FN3OS/c1-15-18(13-23-24(15)17-8-3-2-4-9-17)20(25)22-11-12-26-14-16-7-5-6-10-19(16)21/h2-10,13H,11-12,14H2,1H3,(H,22,25). The van der Waals surface area contributed by atoms with Crippen molar-refractivity contribution in [2.75, 3.05) is 12.3 Å². The van der Waals surface area contributed by atoms with E-state index in [1.54, 1.807) is 34.8 Å². The third-order valence-electron chi connectivity index (χ3n) is 4.00. The minimum atomic E-state index is -0.187. The molecule has 2 aromatic carbocycles. The van der Waals surface area contributed by atoms with Crippen molar-refractivity contribution in [3.63, 3.8) is 0 Å². The van der Waals surface area contributed by atoms with Crippen LogP contribution in [0.5, 0.6) is 0 Å².